The van der Waals surface area contributed by atoms with Crippen molar-refractivity contribution >= 4 is 21.6 Å². The maximum Gasteiger partial charge on any atom is 0.259 e. The molecule has 0 saturated carbocycles. The SMILES string of the molecule is C=CCN(Cc1nc2sc3c(c2c(=O)[nH]1)CCC3)CC(O)COc1ccccc1C. The van der Waals surface area contributed by atoms with Crippen LogP contribution in [0.15, 0.2) is 41.7 Å². The largest absolute Gasteiger partial charge is 0.491 e. The summed E-state index contributed by atoms with van der Waals surface area (Å²) < 4.78 is 5.77. The van der Waals surface area contributed by atoms with E-state index in [-0.39, 0.29) is 12.2 Å². The fraction of sp³-hybridized carbons (Fsp3) is 0.391. The molecule has 158 valence electrons. The molecule has 6 nitrogen and oxygen atoms in total. The average molecular weight is 426 g/mol. The highest BCUT2D eigenvalue weighted by Crippen LogP contribution is 2.34. The second kappa shape index (κ2) is 9.12. The number of aromatic nitrogens is 2. The number of fused-ring (bicyclic) bond motifs is 3. The number of aliphatic hydroxyl groups excluding tert-OH is 1. The van der Waals surface area contributed by atoms with E-state index in [0.29, 0.717) is 25.5 Å². The Morgan fingerprint density at radius 3 is 3.03 bits per heavy atom. The van der Waals surface area contributed by atoms with Crippen LogP contribution in [0, 0.1) is 6.92 Å². The summed E-state index contributed by atoms with van der Waals surface area (Å²) >= 11 is 1.64. The number of H-pyrrole nitrogens is 1. The van der Waals surface area contributed by atoms with Crippen LogP contribution in [0.4, 0.5) is 0 Å². The molecule has 1 aliphatic carbocycles. The monoisotopic (exact) mass is 425 g/mol. The molecule has 1 unspecified atom stereocenters. The Labute approximate surface area is 179 Å². The van der Waals surface area contributed by atoms with Crippen LogP contribution < -0.4 is 10.3 Å². The Morgan fingerprint density at radius 2 is 2.23 bits per heavy atom. The van der Waals surface area contributed by atoms with Crippen LogP contribution in [0.3, 0.4) is 0 Å². The third kappa shape index (κ3) is 4.48. The second-order valence-electron chi connectivity index (χ2n) is 7.76. The third-order valence-corrected chi connectivity index (χ3v) is 6.56. The van der Waals surface area contributed by atoms with Gasteiger partial charge in [-0.3, -0.25) is 9.69 Å². The fourth-order valence-electron chi connectivity index (χ4n) is 3.97. The quantitative estimate of drug-likeness (QED) is 0.515. The maximum absolute atomic E-state index is 12.7. The number of hydrogen-bond donors (Lipinski definition) is 2. The van der Waals surface area contributed by atoms with E-state index in [4.69, 9.17) is 9.72 Å². The minimum Gasteiger partial charge on any atom is -0.491 e. The van der Waals surface area contributed by atoms with Crippen LogP contribution in [-0.2, 0) is 19.4 Å². The molecule has 0 bridgehead atoms. The molecule has 30 heavy (non-hydrogen) atoms. The first kappa shape index (κ1) is 20.8. The van der Waals surface area contributed by atoms with Gasteiger partial charge in [0.2, 0.25) is 0 Å². The summed E-state index contributed by atoms with van der Waals surface area (Å²) in [7, 11) is 0. The van der Waals surface area contributed by atoms with Crippen molar-refractivity contribution in [2.75, 3.05) is 19.7 Å². The van der Waals surface area contributed by atoms with E-state index in [0.717, 1.165) is 40.8 Å². The Balaban J connectivity index is 1.43. The van der Waals surface area contributed by atoms with Gasteiger partial charge in [-0.1, -0.05) is 24.3 Å². The summed E-state index contributed by atoms with van der Waals surface area (Å²) in [6.45, 7) is 7.38. The highest BCUT2D eigenvalue weighted by Gasteiger charge is 2.22. The summed E-state index contributed by atoms with van der Waals surface area (Å²) in [4.78, 5) is 24.5. The number of aromatic amines is 1. The van der Waals surface area contributed by atoms with Crippen LogP contribution >= 0.6 is 11.3 Å². The van der Waals surface area contributed by atoms with Gasteiger partial charge in [-0.2, -0.15) is 0 Å². The number of aryl methyl sites for hydroxylation is 3. The van der Waals surface area contributed by atoms with Crippen LogP contribution in [-0.4, -0.2) is 45.8 Å². The average Bonchev–Trinajstić information content (AvgIpc) is 3.28. The van der Waals surface area contributed by atoms with Crippen molar-refractivity contribution < 1.29 is 9.84 Å². The van der Waals surface area contributed by atoms with Crippen molar-refractivity contribution in [3.8, 4) is 5.75 Å². The van der Waals surface area contributed by atoms with Gasteiger partial charge < -0.3 is 14.8 Å². The van der Waals surface area contributed by atoms with Crippen LogP contribution in [0.5, 0.6) is 5.75 Å². The van der Waals surface area contributed by atoms with Gasteiger partial charge in [0.1, 0.15) is 29.1 Å². The van der Waals surface area contributed by atoms with E-state index in [1.807, 2.05) is 36.1 Å². The molecular formula is C23H27N3O3S. The van der Waals surface area contributed by atoms with Crippen LogP contribution in [0.2, 0.25) is 0 Å². The predicted octanol–water partition coefficient (Wildman–Crippen LogP) is 3.21. The summed E-state index contributed by atoms with van der Waals surface area (Å²) in [6, 6.07) is 7.74. The summed E-state index contributed by atoms with van der Waals surface area (Å²) in [5, 5.41) is 11.3. The first-order valence-electron chi connectivity index (χ1n) is 10.3. The zero-order valence-corrected chi connectivity index (χ0v) is 18.0. The zero-order valence-electron chi connectivity index (χ0n) is 17.2. The highest BCUT2D eigenvalue weighted by atomic mass is 32.1. The molecular weight excluding hydrogens is 398 g/mol. The predicted molar refractivity (Wildman–Crippen MR) is 120 cm³/mol. The van der Waals surface area contributed by atoms with E-state index in [1.165, 1.54) is 10.4 Å². The lowest BCUT2D eigenvalue weighted by Gasteiger charge is -2.23. The first-order chi connectivity index (χ1) is 14.5. The molecule has 0 saturated heterocycles. The molecule has 0 aliphatic heterocycles. The molecule has 2 N–H and O–H groups in total. The number of ether oxygens (including phenoxy) is 1. The molecule has 1 aliphatic rings. The van der Waals surface area contributed by atoms with E-state index in [9.17, 15) is 9.90 Å². The molecule has 1 atom stereocenters. The molecule has 2 aromatic heterocycles. The van der Waals surface area contributed by atoms with Crippen molar-refractivity contribution in [2.45, 2.75) is 38.8 Å². The molecule has 1 aromatic carbocycles. The lowest BCUT2D eigenvalue weighted by atomic mass is 10.2. The second-order valence-corrected chi connectivity index (χ2v) is 8.85. The summed E-state index contributed by atoms with van der Waals surface area (Å²) in [6.07, 6.45) is 4.24. The molecule has 0 spiro atoms. The van der Waals surface area contributed by atoms with Gasteiger partial charge in [-0.05, 0) is 43.4 Å². The Morgan fingerprint density at radius 1 is 1.40 bits per heavy atom. The fourth-order valence-corrected chi connectivity index (χ4v) is 5.26. The number of benzene rings is 1. The smallest absolute Gasteiger partial charge is 0.259 e. The van der Waals surface area contributed by atoms with Crippen molar-refractivity contribution in [3.63, 3.8) is 0 Å². The van der Waals surface area contributed by atoms with Crippen molar-refractivity contribution in [1.82, 2.24) is 14.9 Å². The molecule has 0 amide bonds. The standard InChI is InChI=1S/C23H27N3O3S/c1-3-11-26(12-16(27)14-29-18-9-5-4-7-15(18)2)13-20-24-22(28)21-17-8-6-10-19(17)30-23(21)25-20/h3-5,7,9,16,27H,1,6,8,10-14H2,2H3,(H,24,25,28). The topological polar surface area (TPSA) is 78.5 Å². The third-order valence-electron chi connectivity index (χ3n) is 5.38. The van der Waals surface area contributed by atoms with Gasteiger partial charge in [0.25, 0.3) is 5.56 Å². The van der Waals surface area contributed by atoms with Crippen LogP contribution in [0.25, 0.3) is 10.2 Å². The normalized spacial score (nSPS) is 14.2. The lowest BCUT2D eigenvalue weighted by Crippen LogP contribution is -2.36. The Kier molecular flexibility index (Phi) is 6.32. The minimum atomic E-state index is -0.675. The van der Waals surface area contributed by atoms with E-state index in [2.05, 4.69) is 11.6 Å². The van der Waals surface area contributed by atoms with Crippen LogP contribution in [0.1, 0.15) is 28.2 Å². The molecule has 3 aromatic rings. The van der Waals surface area contributed by atoms with Gasteiger partial charge in [0, 0.05) is 18.0 Å². The number of para-hydroxylation sites is 1. The minimum absolute atomic E-state index is 0.0589. The molecule has 7 heteroatoms. The van der Waals surface area contributed by atoms with E-state index < -0.39 is 6.10 Å². The highest BCUT2D eigenvalue weighted by molar-refractivity contribution is 7.18. The van der Waals surface area contributed by atoms with E-state index in [1.54, 1.807) is 17.4 Å². The van der Waals surface area contributed by atoms with Gasteiger partial charge in [-0.25, -0.2) is 4.98 Å². The van der Waals surface area contributed by atoms with Gasteiger partial charge in [0.05, 0.1) is 11.9 Å². The Bertz CT molecular complexity index is 1100. The van der Waals surface area contributed by atoms with Gasteiger partial charge in [0.15, 0.2) is 0 Å². The molecule has 4 rings (SSSR count). The summed E-state index contributed by atoms with van der Waals surface area (Å²) in [5.41, 5.74) is 2.16. The number of thiophene rings is 1. The van der Waals surface area contributed by atoms with E-state index >= 15 is 0 Å². The maximum atomic E-state index is 12.7. The summed E-state index contributed by atoms with van der Waals surface area (Å²) in [5.74, 6) is 1.38. The number of hydrogen-bond acceptors (Lipinski definition) is 6. The van der Waals surface area contributed by atoms with Crippen molar-refractivity contribution in [2.24, 2.45) is 0 Å². The van der Waals surface area contributed by atoms with Gasteiger partial charge in [-0.15, -0.1) is 17.9 Å². The number of rotatable bonds is 9. The molecule has 2 heterocycles. The number of nitrogens with one attached hydrogen (secondary N) is 1. The number of nitrogens with zero attached hydrogens (tertiary/aromatic N) is 2. The van der Waals surface area contributed by atoms with Gasteiger partial charge >= 0.3 is 0 Å². The van der Waals surface area contributed by atoms with Crippen molar-refractivity contribution in [3.05, 3.63) is 69.1 Å². The first-order valence-corrected chi connectivity index (χ1v) is 11.1. The molecule has 0 fully saturated rings. The molecule has 0 radical (unpaired) electrons. The zero-order chi connectivity index (χ0) is 21.1. The van der Waals surface area contributed by atoms with Crippen molar-refractivity contribution in [1.29, 1.82) is 0 Å². The Hall–Kier alpha value is -2.48. The lowest BCUT2D eigenvalue weighted by molar-refractivity contribution is 0.0686. The number of aliphatic hydroxyl groups is 1.